The predicted molar refractivity (Wildman–Crippen MR) is 145 cm³/mol. The van der Waals surface area contributed by atoms with Crippen molar-refractivity contribution >= 4 is 11.6 Å². The molecule has 2 aromatic carbocycles. The van der Waals surface area contributed by atoms with Gasteiger partial charge in [0, 0.05) is 29.2 Å². The first-order valence-corrected chi connectivity index (χ1v) is 12.9. The molecule has 5 rings (SSSR count). The van der Waals surface area contributed by atoms with E-state index < -0.39 is 0 Å². The zero-order chi connectivity index (χ0) is 26.0. The number of carbonyl (C=O) groups excluding carboxylic acids is 1. The number of para-hydroxylation sites is 1. The Balaban J connectivity index is 1.83. The van der Waals surface area contributed by atoms with Crippen molar-refractivity contribution in [1.29, 1.82) is 0 Å². The molecule has 2 aliphatic rings. The predicted octanol–water partition coefficient (Wildman–Crippen LogP) is 7.05. The van der Waals surface area contributed by atoms with Crippen LogP contribution >= 0.6 is 0 Å². The number of benzene rings is 2. The molecule has 0 saturated carbocycles. The maximum atomic E-state index is 13.5. The Kier molecular flexibility index (Phi) is 5.66. The molecule has 1 aliphatic carbocycles. The van der Waals surface area contributed by atoms with Gasteiger partial charge < -0.3 is 10.4 Å². The molecular weight excluding hydrogens is 446 g/mol. The Hall–Kier alpha value is -3.34. The Morgan fingerprint density at radius 2 is 1.58 bits per heavy atom. The van der Waals surface area contributed by atoms with Crippen LogP contribution < -0.4 is 5.32 Å². The number of ketones is 1. The van der Waals surface area contributed by atoms with E-state index in [1.807, 2.05) is 29.8 Å². The normalized spacial score (nSPS) is 18.1. The first-order chi connectivity index (χ1) is 16.9. The van der Waals surface area contributed by atoms with Crippen LogP contribution in [0.3, 0.4) is 0 Å². The number of phenolic OH excluding ortho intramolecular Hbond substituents is 1. The maximum absolute atomic E-state index is 13.5. The second kappa shape index (κ2) is 8.36. The molecule has 2 N–H and O–H groups in total. The van der Waals surface area contributed by atoms with E-state index >= 15 is 0 Å². The standard InChI is InChI=1S/C31H37N3O2/c1-18-25-26(19-16-21(30(2,3)4)28(36)22(17-19)31(5,6)7)27-23(14-11-15-24(27)35)32-29(25)34(33-18)20-12-9-8-10-13-20/h8-10,12-13,16-17,26,32,36H,11,14-15H2,1-7H3. The lowest BCUT2D eigenvalue weighted by atomic mass is 9.72. The van der Waals surface area contributed by atoms with Crippen molar-refractivity contribution < 1.29 is 9.90 Å². The van der Waals surface area contributed by atoms with Crippen molar-refractivity contribution in [2.24, 2.45) is 0 Å². The molecule has 0 saturated heterocycles. The fraction of sp³-hybridized carbons (Fsp3) is 0.419. The van der Waals surface area contributed by atoms with Gasteiger partial charge in [0.05, 0.1) is 11.4 Å². The summed E-state index contributed by atoms with van der Waals surface area (Å²) in [6.45, 7) is 14.8. The van der Waals surface area contributed by atoms with Crippen LogP contribution in [0, 0.1) is 6.92 Å². The second-order valence-corrected chi connectivity index (χ2v) is 12.3. The van der Waals surface area contributed by atoms with Gasteiger partial charge in [0.2, 0.25) is 0 Å². The van der Waals surface area contributed by atoms with Gasteiger partial charge in [-0.2, -0.15) is 5.10 Å². The summed E-state index contributed by atoms with van der Waals surface area (Å²) >= 11 is 0. The SMILES string of the molecule is Cc1nn(-c2ccccc2)c2c1C(c1cc(C(C)(C)C)c(O)c(C(C)(C)C)c1)C1=C(CCCC1=O)N2. The molecule has 1 unspecified atom stereocenters. The molecule has 5 heteroatoms. The monoisotopic (exact) mass is 483 g/mol. The number of nitrogens with one attached hydrogen (secondary N) is 1. The van der Waals surface area contributed by atoms with E-state index in [0.717, 1.165) is 63.6 Å². The van der Waals surface area contributed by atoms with E-state index in [2.05, 4.69) is 71.1 Å². The van der Waals surface area contributed by atoms with E-state index in [0.29, 0.717) is 12.2 Å². The minimum atomic E-state index is -0.257. The number of aromatic hydroxyl groups is 1. The Labute approximate surface area is 214 Å². The van der Waals surface area contributed by atoms with Crippen LogP contribution in [0.4, 0.5) is 5.82 Å². The highest BCUT2D eigenvalue weighted by Crippen LogP contribution is 2.50. The highest BCUT2D eigenvalue weighted by Gasteiger charge is 2.40. The zero-order valence-electron chi connectivity index (χ0n) is 22.5. The number of nitrogens with zero attached hydrogens (tertiary/aromatic N) is 2. The number of fused-ring (bicyclic) bond motifs is 1. The number of allylic oxidation sites excluding steroid dienone is 2. The minimum absolute atomic E-state index is 0.203. The molecule has 0 radical (unpaired) electrons. The van der Waals surface area contributed by atoms with Gasteiger partial charge in [-0.1, -0.05) is 71.9 Å². The summed E-state index contributed by atoms with van der Waals surface area (Å²) < 4.78 is 1.97. The molecule has 5 nitrogen and oxygen atoms in total. The van der Waals surface area contributed by atoms with Crippen molar-refractivity contribution in [3.8, 4) is 11.4 Å². The van der Waals surface area contributed by atoms with Crippen LogP contribution in [0.25, 0.3) is 5.69 Å². The summed E-state index contributed by atoms with van der Waals surface area (Å²) in [5.41, 5.74) is 7.13. The third-order valence-electron chi connectivity index (χ3n) is 7.49. The Morgan fingerprint density at radius 3 is 2.17 bits per heavy atom. The lowest BCUT2D eigenvalue weighted by Gasteiger charge is -2.35. The van der Waals surface area contributed by atoms with Crippen molar-refractivity contribution in [1.82, 2.24) is 9.78 Å². The lowest BCUT2D eigenvalue weighted by Crippen LogP contribution is -2.28. The van der Waals surface area contributed by atoms with Gasteiger partial charge in [-0.05, 0) is 59.4 Å². The molecule has 0 fully saturated rings. The van der Waals surface area contributed by atoms with Crippen molar-refractivity contribution in [2.45, 2.75) is 84.5 Å². The van der Waals surface area contributed by atoms with Gasteiger partial charge in [0.1, 0.15) is 11.6 Å². The number of Topliss-reactive ketones (excluding diaryl/α,β-unsaturated/α-hetero) is 1. The van der Waals surface area contributed by atoms with Crippen LogP contribution in [-0.2, 0) is 15.6 Å². The van der Waals surface area contributed by atoms with Crippen molar-refractivity contribution in [2.75, 3.05) is 5.32 Å². The van der Waals surface area contributed by atoms with E-state index in [-0.39, 0.29) is 22.5 Å². The number of rotatable bonds is 2. The first kappa shape index (κ1) is 24.4. The van der Waals surface area contributed by atoms with E-state index in [1.54, 1.807) is 0 Å². The quantitative estimate of drug-likeness (QED) is 0.410. The molecule has 1 aromatic heterocycles. The Morgan fingerprint density at radius 1 is 0.972 bits per heavy atom. The summed E-state index contributed by atoms with van der Waals surface area (Å²) in [6.07, 6.45) is 2.25. The number of hydrogen-bond donors (Lipinski definition) is 2. The third-order valence-corrected chi connectivity index (χ3v) is 7.49. The smallest absolute Gasteiger partial charge is 0.161 e. The largest absolute Gasteiger partial charge is 0.507 e. The van der Waals surface area contributed by atoms with Gasteiger partial charge in [-0.3, -0.25) is 4.79 Å². The van der Waals surface area contributed by atoms with Crippen LogP contribution in [0.5, 0.6) is 5.75 Å². The molecule has 188 valence electrons. The summed E-state index contributed by atoms with van der Waals surface area (Å²) in [5, 5.41) is 19.9. The van der Waals surface area contributed by atoms with E-state index in [9.17, 15) is 9.90 Å². The highest BCUT2D eigenvalue weighted by molar-refractivity contribution is 6.01. The average molecular weight is 484 g/mol. The fourth-order valence-corrected chi connectivity index (χ4v) is 5.68. The van der Waals surface area contributed by atoms with Gasteiger partial charge in [-0.25, -0.2) is 4.68 Å². The van der Waals surface area contributed by atoms with E-state index in [1.165, 1.54) is 0 Å². The highest BCUT2D eigenvalue weighted by atomic mass is 16.3. The number of carbonyl (C=O) groups is 1. The number of phenols is 1. The Bertz CT molecular complexity index is 1350. The molecule has 0 spiro atoms. The third kappa shape index (κ3) is 3.95. The van der Waals surface area contributed by atoms with Gasteiger partial charge in [-0.15, -0.1) is 0 Å². The fourth-order valence-electron chi connectivity index (χ4n) is 5.68. The second-order valence-electron chi connectivity index (χ2n) is 12.3. The van der Waals surface area contributed by atoms with Gasteiger partial charge >= 0.3 is 0 Å². The minimum Gasteiger partial charge on any atom is -0.507 e. The van der Waals surface area contributed by atoms with Crippen LogP contribution in [0.1, 0.15) is 94.7 Å². The molecule has 36 heavy (non-hydrogen) atoms. The maximum Gasteiger partial charge on any atom is 0.161 e. The summed E-state index contributed by atoms with van der Waals surface area (Å²) in [7, 11) is 0. The molecule has 2 heterocycles. The number of hydrogen-bond acceptors (Lipinski definition) is 4. The topological polar surface area (TPSA) is 67.1 Å². The lowest BCUT2D eigenvalue weighted by molar-refractivity contribution is -0.116. The first-order valence-electron chi connectivity index (χ1n) is 12.9. The number of aryl methyl sites for hydroxylation is 1. The van der Waals surface area contributed by atoms with Crippen LogP contribution in [-0.4, -0.2) is 20.7 Å². The number of aromatic nitrogens is 2. The zero-order valence-corrected chi connectivity index (χ0v) is 22.5. The van der Waals surface area contributed by atoms with Crippen LogP contribution in [0.2, 0.25) is 0 Å². The van der Waals surface area contributed by atoms with Crippen LogP contribution in [0.15, 0.2) is 53.7 Å². The molecule has 3 aromatic rings. The summed E-state index contributed by atoms with van der Waals surface area (Å²) in [4.78, 5) is 13.5. The van der Waals surface area contributed by atoms with Gasteiger partial charge in [0.15, 0.2) is 5.78 Å². The van der Waals surface area contributed by atoms with Gasteiger partial charge in [0.25, 0.3) is 0 Å². The average Bonchev–Trinajstić information content (AvgIpc) is 3.13. The van der Waals surface area contributed by atoms with E-state index in [4.69, 9.17) is 5.10 Å². The summed E-state index contributed by atoms with van der Waals surface area (Å²) in [5.74, 6) is 1.26. The number of anilines is 1. The molecule has 0 bridgehead atoms. The summed E-state index contributed by atoms with van der Waals surface area (Å²) in [6, 6.07) is 14.4. The molecular formula is C31H37N3O2. The molecule has 0 amide bonds. The van der Waals surface area contributed by atoms with Crippen molar-refractivity contribution in [3.05, 3.63) is 81.7 Å². The molecule has 1 aliphatic heterocycles. The van der Waals surface area contributed by atoms with Crippen molar-refractivity contribution in [3.63, 3.8) is 0 Å². The molecule has 1 atom stereocenters.